The predicted molar refractivity (Wildman–Crippen MR) is 81.3 cm³/mol. The number of hydrogen-bond acceptors (Lipinski definition) is 4. The quantitative estimate of drug-likeness (QED) is 0.805. The van der Waals surface area contributed by atoms with Crippen molar-refractivity contribution in [3.63, 3.8) is 0 Å². The lowest BCUT2D eigenvalue weighted by atomic mass is 10.1. The van der Waals surface area contributed by atoms with Gasteiger partial charge in [-0.05, 0) is 54.6 Å². The topological polar surface area (TPSA) is 56.2 Å². The van der Waals surface area contributed by atoms with Crippen molar-refractivity contribution in [2.45, 2.75) is 16.5 Å². The molecule has 0 fully saturated rings. The van der Waals surface area contributed by atoms with Gasteiger partial charge in [-0.15, -0.1) is 10.2 Å². The Bertz CT molecular complexity index is 741. The molecule has 0 radical (unpaired) electrons. The van der Waals surface area contributed by atoms with E-state index in [1.165, 1.54) is 5.56 Å². The molecule has 6 heteroatoms. The monoisotopic (exact) mass is 304 g/mol. The SMILES string of the molecule is NCCc1ccc(Cl)cc1Sc1nnc2ccccn12. The maximum atomic E-state index is 6.09. The molecule has 4 nitrogen and oxygen atoms in total. The van der Waals surface area contributed by atoms with Gasteiger partial charge in [0.15, 0.2) is 10.8 Å². The van der Waals surface area contributed by atoms with E-state index in [0.29, 0.717) is 11.6 Å². The number of pyridine rings is 1. The second kappa shape index (κ2) is 5.83. The van der Waals surface area contributed by atoms with Crippen LogP contribution in [0.2, 0.25) is 5.02 Å². The van der Waals surface area contributed by atoms with Crippen LogP contribution in [0.4, 0.5) is 0 Å². The summed E-state index contributed by atoms with van der Waals surface area (Å²) in [6.07, 6.45) is 2.76. The summed E-state index contributed by atoms with van der Waals surface area (Å²) in [4.78, 5) is 1.07. The Kier molecular flexibility index (Phi) is 3.91. The lowest BCUT2D eigenvalue weighted by Gasteiger charge is -2.07. The van der Waals surface area contributed by atoms with Crippen LogP contribution in [-0.4, -0.2) is 21.1 Å². The van der Waals surface area contributed by atoms with Crippen LogP contribution in [0, 0.1) is 0 Å². The largest absolute Gasteiger partial charge is 0.330 e. The lowest BCUT2D eigenvalue weighted by Crippen LogP contribution is -2.03. The highest BCUT2D eigenvalue weighted by atomic mass is 35.5. The maximum absolute atomic E-state index is 6.09. The molecule has 2 heterocycles. The van der Waals surface area contributed by atoms with E-state index < -0.39 is 0 Å². The molecule has 0 spiro atoms. The van der Waals surface area contributed by atoms with Gasteiger partial charge in [-0.3, -0.25) is 4.40 Å². The van der Waals surface area contributed by atoms with Gasteiger partial charge in [-0.25, -0.2) is 0 Å². The first-order valence-electron chi connectivity index (χ1n) is 6.24. The standard InChI is InChI=1S/C14H13ClN4S/c15-11-5-4-10(6-7-16)12(9-11)20-14-18-17-13-3-1-2-8-19(13)14/h1-5,8-9H,6-7,16H2. The normalized spacial score (nSPS) is 11.1. The van der Waals surface area contributed by atoms with Gasteiger partial charge >= 0.3 is 0 Å². The third kappa shape index (κ3) is 2.65. The molecule has 102 valence electrons. The Labute approximate surface area is 126 Å². The van der Waals surface area contributed by atoms with E-state index in [1.807, 2.05) is 47.0 Å². The zero-order valence-electron chi connectivity index (χ0n) is 10.7. The molecule has 0 amide bonds. The van der Waals surface area contributed by atoms with Crippen LogP contribution in [-0.2, 0) is 6.42 Å². The Balaban J connectivity index is 2.00. The van der Waals surface area contributed by atoms with Gasteiger partial charge in [0.05, 0.1) is 0 Å². The van der Waals surface area contributed by atoms with Crippen LogP contribution in [0.3, 0.4) is 0 Å². The summed E-state index contributed by atoms with van der Waals surface area (Å²) >= 11 is 7.64. The highest BCUT2D eigenvalue weighted by Crippen LogP contribution is 2.31. The van der Waals surface area contributed by atoms with Gasteiger partial charge in [0.2, 0.25) is 0 Å². The molecule has 0 saturated heterocycles. The van der Waals surface area contributed by atoms with E-state index >= 15 is 0 Å². The summed E-state index contributed by atoms with van der Waals surface area (Å²) in [7, 11) is 0. The summed E-state index contributed by atoms with van der Waals surface area (Å²) in [5.74, 6) is 0. The molecule has 0 atom stereocenters. The molecule has 0 aliphatic carbocycles. The van der Waals surface area contributed by atoms with E-state index in [2.05, 4.69) is 10.2 Å². The van der Waals surface area contributed by atoms with Crippen molar-refractivity contribution in [2.75, 3.05) is 6.54 Å². The van der Waals surface area contributed by atoms with Gasteiger partial charge in [-0.1, -0.05) is 23.7 Å². The van der Waals surface area contributed by atoms with Crippen molar-refractivity contribution in [1.82, 2.24) is 14.6 Å². The van der Waals surface area contributed by atoms with Crippen LogP contribution >= 0.6 is 23.4 Å². The Morgan fingerprint density at radius 3 is 2.95 bits per heavy atom. The van der Waals surface area contributed by atoms with E-state index in [9.17, 15) is 0 Å². The summed E-state index contributed by atoms with van der Waals surface area (Å²) in [5, 5.41) is 9.90. The average molecular weight is 305 g/mol. The van der Waals surface area contributed by atoms with Crippen molar-refractivity contribution in [2.24, 2.45) is 5.73 Å². The van der Waals surface area contributed by atoms with Gasteiger partial charge in [-0.2, -0.15) is 0 Å². The molecule has 0 bridgehead atoms. The minimum atomic E-state index is 0.607. The van der Waals surface area contributed by atoms with E-state index in [1.54, 1.807) is 11.8 Å². The molecule has 2 N–H and O–H groups in total. The number of nitrogens with two attached hydrogens (primary N) is 1. The fraction of sp³-hybridized carbons (Fsp3) is 0.143. The summed E-state index contributed by atoms with van der Waals surface area (Å²) in [5.41, 5.74) is 7.66. The fourth-order valence-electron chi connectivity index (χ4n) is 1.97. The predicted octanol–water partition coefficient (Wildman–Crippen LogP) is 3.04. The van der Waals surface area contributed by atoms with Crippen LogP contribution < -0.4 is 5.73 Å². The number of halogens is 1. The van der Waals surface area contributed by atoms with Gasteiger partial charge in [0.1, 0.15) is 0 Å². The van der Waals surface area contributed by atoms with Gasteiger partial charge < -0.3 is 5.73 Å². The Morgan fingerprint density at radius 2 is 2.10 bits per heavy atom. The Hall–Kier alpha value is -1.56. The maximum Gasteiger partial charge on any atom is 0.200 e. The number of benzene rings is 1. The number of aromatic nitrogens is 3. The molecular weight excluding hydrogens is 292 g/mol. The third-order valence-corrected chi connectivity index (χ3v) is 4.22. The van der Waals surface area contributed by atoms with E-state index in [-0.39, 0.29) is 0 Å². The van der Waals surface area contributed by atoms with Crippen molar-refractivity contribution >= 4 is 29.0 Å². The average Bonchev–Trinajstić information content (AvgIpc) is 2.86. The highest BCUT2D eigenvalue weighted by Gasteiger charge is 2.10. The number of hydrogen-bond donors (Lipinski definition) is 1. The Morgan fingerprint density at radius 1 is 1.20 bits per heavy atom. The molecule has 0 aliphatic rings. The van der Waals surface area contributed by atoms with Gasteiger partial charge in [0, 0.05) is 16.1 Å². The summed E-state index contributed by atoms with van der Waals surface area (Å²) < 4.78 is 1.96. The molecule has 0 unspecified atom stereocenters. The second-order valence-electron chi connectivity index (χ2n) is 4.30. The van der Waals surface area contributed by atoms with Crippen LogP contribution in [0.25, 0.3) is 5.65 Å². The first kappa shape index (κ1) is 13.4. The first-order valence-corrected chi connectivity index (χ1v) is 7.43. The van der Waals surface area contributed by atoms with Crippen molar-refractivity contribution in [1.29, 1.82) is 0 Å². The number of rotatable bonds is 4. The minimum Gasteiger partial charge on any atom is -0.330 e. The molecule has 0 saturated carbocycles. The first-order chi connectivity index (χ1) is 9.78. The number of fused-ring (bicyclic) bond motifs is 1. The molecule has 2 aromatic heterocycles. The third-order valence-electron chi connectivity index (χ3n) is 2.93. The second-order valence-corrected chi connectivity index (χ2v) is 5.75. The van der Waals surface area contributed by atoms with Crippen molar-refractivity contribution in [3.05, 3.63) is 53.2 Å². The molecule has 3 aromatic rings. The highest BCUT2D eigenvalue weighted by molar-refractivity contribution is 7.99. The van der Waals surface area contributed by atoms with Crippen LogP contribution in [0.1, 0.15) is 5.56 Å². The smallest absolute Gasteiger partial charge is 0.200 e. The minimum absolute atomic E-state index is 0.607. The molecule has 3 rings (SSSR count). The van der Waals surface area contributed by atoms with E-state index in [0.717, 1.165) is 22.1 Å². The molecular formula is C14H13ClN4S. The zero-order chi connectivity index (χ0) is 13.9. The van der Waals surface area contributed by atoms with Gasteiger partial charge in [0.25, 0.3) is 0 Å². The van der Waals surface area contributed by atoms with E-state index in [4.69, 9.17) is 17.3 Å². The molecule has 0 aliphatic heterocycles. The summed E-state index contributed by atoms with van der Waals surface area (Å²) in [6, 6.07) is 11.7. The van der Waals surface area contributed by atoms with Crippen molar-refractivity contribution < 1.29 is 0 Å². The molecule has 20 heavy (non-hydrogen) atoms. The zero-order valence-corrected chi connectivity index (χ0v) is 12.2. The van der Waals surface area contributed by atoms with Crippen molar-refractivity contribution in [3.8, 4) is 0 Å². The summed E-state index contributed by atoms with van der Waals surface area (Å²) in [6.45, 7) is 0.607. The van der Waals surface area contributed by atoms with Crippen LogP contribution in [0.5, 0.6) is 0 Å². The number of nitrogens with zero attached hydrogens (tertiary/aromatic N) is 3. The lowest BCUT2D eigenvalue weighted by molar-refractivity contribution is 0.912. The fourth-order valence-corrected chi connectivity index (χ4v) is 3.23. The van der Waals surface area contributed by atoms with Crippen LogP contribution in [0.15, 0.2) is 52.6 Å². The molecule has 1 aromatic carbocycles.